The average Bonchev–Trinajstić information content (AvgIpc) is 2.96. The predicted octanol–water partition coefficient (Wildman–Crippen LogP) is 4.86. The van der Waals surface area contributed by atoms with E-state index < -0.39 is 6.03 Å². The number of fused-ring (bicyclic) bond motifs is 5. The molecule has 0 saturated heterocycles. The molecule has 0 spiro atoms. The van der Waals surface area contributed by atoms with Crippen LogP contribution in [0.5, 0.6) is 0 Å². The summed E-state index contributed by atoms with van der Waals surface area (Å²) in [5.41, 5.74) is 9.58. The number of nitrogens with two attached hydrogens (primary N) is 1. The summed E-state index contributed by atoms with van der Waals surface area (Å²) in [5, 5.41) is 4.31. The van der Waals surface area contributed by atoms with Crippen LogP contribution in [0.4, 0.5) is 4.79 Å². The second kappa shape index (κ2) is 6.38. The largest absolute Gasteiger partial charge is 0.350 e. The molecule has 0 aromatic carbocycles. The Kier molecular flexibility index (Phi) is 4.44. The number of hydrogen-bond donors (Lipinski definition) is 2. The molecule has 4 nitrogen and oxygen atoms in total. The first kappa shape index (κ1) is 18.1. The third kappa shape index (κ3) is 2.63. The monoisotopic (exact) mass is 357 g/mol. The zero-order valence-corrected chi connectivity index (χ0v) is 16.6. The Morgan fingerprint density at radius 2 is 1.85 bits per heavy atom. The molecule has 3 N–H and O–H groups in total. The van der Waals surface area contributed by atoms with Gasteiger partial charge in [-0.2, -0.15) is 5.10 Å². The fourth-order valence-electron chi connectivity index (χ4n) is 7.75. The maximum atomic E-state index is 11.0. The third-order valence-corrected chi connectivity index (χ3v) is 9.06. The number of carbonyl (C=O) groups excluding carboxylic acids is 1. The molecule has 144 valence electrons. The summed E-state index contributed by atoms with van der Waals surface area (Å²) in [6, 6.07) is -0.565. The molecular weight excluding hydrogens is 322 g/mol. The third-order valence-electron chi connectivity index (χ3n) is 9.06. The van der Waals surface area contributed by atoms with Crippen LogP contribution in [0.15, 0.2) is 17.3 Å². The van der Waals surface area contributed by atoms with Gasteiger partial charge in [0, 0.05) is 11.6 Å². The van der Waals surface area contributed by atoms with Gasteiger partial charge in [-0.15, -0.1) is 0 Å². The minimum atomic E-state index is -0.565. The van der Waals surface area contributed by atoms with Crippen molar-refractivity contribution in [2.75, 3.05) is 0 Å². The normalized spacial score (nSPS) is 47.7. The highest BCUT2D eigenvalue weighted by Crippen LogP contribution is 2.67. The molecule has 3 fully saturated rings. The van der Waals surface area contributed by atoms with E-state index in [9.17, 15) is 4.79 Å². The molecule has 0 heterocycles. The van der Waals surface area contributed by atoms with E-state index in [2.05, 4.69) is 43.5 Å². The summed E-state index contributed by atoms with van der Waals surface area (Å²) in [6.07, 6.45) is 15.5. The average molecular weight is 358 g/mol. The van der Waals surface area contributed by atoms with E-state index in [1.807, 2.05) is 0 Å². The lowest BCUT2D eigenvalue weighted by Gasteiger charge is -2.59. The van der Waals surface area contributed by atoms with Crippen molar-refractivity contribution in [1.29, 1.82) is 0 Å². The van der Waals surface area contributed by atoms with Gasteiger partial charge >= 0.3 is 6.03 Å². The van der Waals surface area contributed by atoms with Crippen LogP contribution in [-0.2, 0) is 0 Å². The fourth-order valence-corrected chi connectivity index (χ4v) is 7.75. The molecule has 0 aromatic heterocycles. The van der Waals surface area contributed by atoms with Gasteiger partial charge in [-0.1, -0.05) is 26.0 Å². The standard InChI is InChI=1S/C22H35N3O/c1-14(24-25-20(23)26)17-9-10-18-16-8-7-15-6-4-5-12-21(15,2)19(16)11-13-22(17,18)3/h4-5,15-19H,6-13H2,1-3H3,(H3,23,25,26)/b24-14-/t15-,16+,17-,18+,19+,21+,22-/m1/s1. The lowest BCUT2D eigenvalue weighted by molar-refractivity contribution is -0.0913. The van der Waals surface area contributed by atoms with Crippen LogP contribution >= 0.6 is 0 Å². The molecule has 4 aliphatic rings. The smallest absolute Gasteiger partial charge is 0.332 e. The molecule has 2 amide bonds. The van der Waals surface area contributed by atoms with Crippen molar-refractivity contribution in [3.8, 4) is 0 Å². The number of nitrogens with one attached hydrogen (secondary N) is 1. The highest BCUT2D eigenvalue weighted by Gasteiger charge is 2.59. The van der Waals surface area contributed by atoms with Gasteiger partial charge in [-0.05, 0) is 92.8 Å². The Bertz CT molecular complexity index is 641. The van der Waals surface area contributed by atoms with E-state index in [0.29, 0.717) is 16.7 Å². The van der Waals surface area contributed by atoms with Crippen molar-refractivity contribution in [2.45, 2.75) is 72.1 Å². The van der Waals surface area contributed by atoms with E-state index in [-0.39, 0.29) is 0 Å². The second-order valence-corrected chi connectivity index (χ2v) is 9.97. The van der Waals surface area contributed by atoms with Gasteiger partial charge in [0.05, 0.1) is 0 Å². The van der Waals surface area contributed by atoms with Crippen molar-refractivity contribution >= 4 is 11.7 Å². The quantitative estimate of drug-likeness (QED) is 0.414. The molecule has 4 aliphatic carbocycles. The number of urea groups is 1. The Morgan fingerprint density at radius 3 is 2.62 bits per heavy atom. The summed E-state index contributed by atoms with van der Waals surface area (Å²) in [6.45, 7) is 7.17. The van der Waals surface area contributed by atoms with Crippen LogP contribution in [0.25, 0.3) is 0 Å². The Hall–Kier alpha value is -1.32. The number of rotatable bonds is 2. The lowest BCUT2D eigenvalue weighted by Crippen LogP contribution is -2.52. The molecule has 3 saturated carbocycles. The number of carbonyl (C=O) groups is 1. The number of nitrogens with zero attached hydrogens (tertiary/aromatic N) is 1. The Labute approximate surface area is 158 Å². The molecule has 4 heteroatoms. The molecule has 7 atom stereocenters. The number of amides is 2. The van der Waals surface area contributed by atoms with Crippen LogP contribution in [0, 0.1) is 40.4 Å². The lowest BCUT2D eigenvalue weighted by atomic mass is 9.45. The number of hydrogen-bond acceptors (Lipinski definition) is 2. The summed E-state index contributed by atoms with van der Waals surface area (Å²) in [7, 11) is 0. The van der Waals surface area contributed by atoms with Crippen LogP contribution in [-0.4, -0.2) is 11.7 Å². The number of allylic oxidation sites excluding steroid dienone is 2. The van der Waals surface area contributed by atoms with Crippen molar-refractivity contribution < 1.29 is 4.79 Å². The van der Waals surface area contributed by atoms with Crippen LogP contribution < -0.4 is 11.2 Å². The van der Waals surface area contributed by atoms with E-state index in [1.54, 1.807) is 0 Å². The number of primary amides is 1. The van der Waals surface area contributed by atoms with Crippen molar-refractivity contribution in [2.24, 2.45) is 51.3 Å². The van der Waals surface area contributed by atoms with Crippen LogP contribution in [0.2, 0.25) is 0 Å². The molecule has 0 bridgehead atoms. The minimum absolute atomic E-state index is 0.335. The second-order valence-electron chi connectivity index (χ2n) is 9.97. The molecular formula is C22H35N3O. The van der Waals surface area contributed by atoms with Gasteiger partial charge in [-0.3, -0.25) is 0 Å². The molecule has 0 aliphatic heterocycles. The summed E-state index contributed by atoms with van der Waals surface area (Å²) >= 11 is 0. The Balaban J connectivity index is 1.57. The van der Waals surface area contributed by atoms with E-state index in [1.165, 1.54) is 51.4 Å². The zero-order chi connectivity index (χ0) is 18.5. The van der Waals surface area contributed by atoms with Gasteiger partial charge in [0.25, 0.3) is 0 Å². The summed E-state index contributed by atoms with van der Waals surface area (Å²) < 4.78 is 0. The molecule has 26 heavy (non-hydrogen) atoms. The van der Waals surface area contributed by atoms with Crippen LogP contribution in [0.1, 0.15) is 72.1 Å². The molecule has 4 rings (SSSR count). The first-order valence-electron chi connectivity index (χ1n) is 10.6. The minimum Gasteiger partial charge on any atom is -0.350 e. The first-order valence-corrected chi connectivity index (χ1v) is 10.6. The fraction of sp³-hybridized carbons (Fsp3) is 0.818. The summed E-state index contributed by atoms with van der Waals surface area (Å²) in [5.74, 6) is 3.97. The van der Waals surface area contributed by atoms with Gasteiger partial charge in [-0.25, -0.2) is 10.2 Å². The highest BCUT2D eigenvalue weighted by atomic mass is 16.2. The predicted molar refractivity (Wildman–Crippen MR) is 106 cm³/mol. The van der Waals surface area contributed by atoms with Gasteiger partial charge < -0.3 is 5.73 Å². The van der Waals surface area contributed by atoms with Crippen molar-refractivity contribution in [3.05, 3.63) is 12.2 Å². The molecule has 0 aromatic rings. The summed E-state index contributed by atoms with van der Waals surface area (Å²) in [4.78, 5) is 11.0. The maximum absolute atomic E-state index is 11.0. The maximum Gasteiger partial charge on any atom is 0.332 e. The van der Waals surface area contributed by atoms with Crippen molar-refractivity contribution in [1.82, 2.24) is 5.43 Å². The van der Waals surface area contributed by atoms with Gasteiger partial charge in [0.1, 0.15) is 0 Å². The number of hydrazone groups is 1. The first-order chi connectivity index (χ1) is 12.4. The molecule has 0 radical (unpaired) electrons. The van der Waals surface area contributed by atoms with E-state index in [4.69, 9.17) is 5.73 Å². The van der Waals surface area contributed by atoms with Crippen LogP contribution in [0.3, 0.4) is 0 Å². The Morgan fingerprint density at radius 1 is 1.08 bits per heavy atom. The van der Waals surface area contributed by atoms with E-state index in [0.717, 1.165) is 29.4 Å². The van der Waals surface area contributed by atoms with Gasteiger partial charge in [0.15, 0.2) is 0 Å². The molecule has 0 unspecified atom stereocenters. The van der Waals surface area contributed by atoms with Gasteiger partial charge in [0.2, 0.25) is 0 Å². The highest BCUT2D eigenvalue weighted by molar-refractivity contribution is 5.86. The zero-order valence-electron chi connectivity index (χ0n) is 16.6. The van der Waals surface area contributed by atoms with Crippen molar-refractivity contribution in [3.63, 3.8) is 0 Å². The topological polar surface area (TPSA) is 67.5 Å². The SMILES string of the molecule is C/C(=N/NC(N)=O)[C@H]1CC[C@H]2[C@@H]3CC[C@H]4CC=CC[C@]4(C)[C@H]3CC[C@]12C. The van der Waals surface area contributed by atoms with E-state index >= 15 is 0 Å².